The molecule has 0 aliphatic carbocycles. The standard InChI is InChI=1S/C16H19NOS/c18-17-9-3-6-16(11-17)19-12-13-7-8-14-4-1-2-5-15(14)10-13/h1-2,4-5,7-8,10,16,18H,3,6,9,11-12H2. The zero-order valence-corrected chi connectivity index (χ0v) is 11.8. The second-order valence-electron chi connectivity index (χ2n) is 5.17. The predicted octanol–water partition coefficient (Wildman–Crippen LogP) is 3.93. The van der Waals surface area contributed by atoms with Crippen LogP contribution < -0.4 is 0 Å². The number of hydrogen-bond donors (Lipinski definition) is 1. The van der Waals surface area contributed by atoms with Crippen molar-refractivity contribution in [3.05, 3.63) is 48.0 Å². The van der Waals surface area contributed by atoms with Crippen molar-refractivity contribution >= 4 is 22.5 Å². The van der Waals surface area contributed by atoms with Crippen LogP contribution in [-0.2, 0) is 5.75 Å². The van der Waals surface area contributed by atoms with E-state index in [0.29, 0.717) is 5.25 Å². The lowest BCUT2D eigenvalue weighted by atomic mass is 10.1. The number of thioether (sulfide) groups is 1. The molecule has 2 aromatic carbocycles. The lowest BCUT2D eigenvalue weighted by Gasteiger charge is -2.27. The smallest absolute Gasteiger partial charge is 0.0357 e. The fraction of sp³-hybridized carbons (Fsp3) is 0.375. The van der Waals surface area contributed by atoms with Gasteiger partial charge in [-0.25, -0.2) is 0 Å². The summed E-state index contributed by atoms with van der Waals surface area (Å²) in [7, 11) is 0. The van der Waals surface area contributed by atoms with Crippen molar-refractivity contribution in [1.82, 2.24) is 5.06 Å². The van der Waals surface area contributed by atoms with Gasteiger partial charge in [-0.1, -0.05) is 42.5 Å². The van der Waals surface area contributed by atoms with Crippen molar-refractivity contribution < 1.29 is 5.21 Å². The fourth-order valence-electron chi connectivity index (χ4n) is 2.60. The Morgan fingerprint density at radius 1 is 1.16 bits per heavy atom. The molecule has 0 aromatic heterocycles. The Bertz CT molecular complexity index is 557. The summed E-state index contributed by atoms with van der Waals surface area (Å²) in [5, 5.41) is 14.2. The van der Waals surface area contributed by atoms with E-state index in [-0.39, 0.29) is 0 Å². The number of rotatable bonds is 3. The third kappa shape index (κ3) is 3.30. The Hall–Kier alpha value is -1.03. The summed E-state index contributed by atoms with van der Waals surface area (Å²) in [6, 6.07) is 15.2. The quantitative estimate of drug-likeness (QED) is 0.916. The Balaban J connectivity index is 1.64. The molecule has 0 amide bonds. The van der Waals surface area contributed by atoms with E-state index in [0.717, 1.165) is 25.3 Å². The van der Waals surface area contributed by atoms with Gasteiger partial charge in [0.25, 0.3) is 0 Å². The Morgan fingerprint density at radius 2 is 2.00 bits per heavy atom. The summed E-state index contributed by atoms with van der Waals surface area (Å²) in [5.41, 5.74) is 1.37. The van der Waals surface area contributed by atoms with Gasteiger partial charge in [-0.3, -0.25) is 0 Å². The van der Waals surface area contributed by atoms with Crippen LogP contribution in [-0.4, -0.2) is 28.6 Å². The van der Waals surface area contributed by atoms with Crippen molar-refractivity contribution in [3.63, 3.8) is 0 Å². The first-order valence-electron chi connectivity index (χ1n) is 6.84. The highest BCUT2D eigenvalue weighted by Crippen LogP contribution is 2.26. The van der Waals surface area contributed by atoms with Crippen molar-refractivity contribution in [3.8, 4) is 0 Å². The van der Waals surface area contributed by atoms with Gasteiger partial charge in [-0.2, -0.15) is 16.8 Å². The van der Waals surface area contributed by atoms with Crippen LogP contribution in [0.1, 0.15) is 18.4 Å². The van der Waals surface area contributed by atoms with Crippen LogP contribution in [0, 0.1) is 0 Å². The maximum atomic E-state index is 9.54. The molecular formula is C16H19NOS. The van der Waals surface area contributed by atoms with E-state index in [9.17, 15) is 5.21 Å². The van der Waals surface area contributed by atoms with Crippen LogP contribution >= 0.6 is 11.8 Å². The van der Waals surface area contributed by atoms with Gasteiger partial charge >= 0.3 is 0 Å². The first-order valence-corrected chi connectivity index (χ1v) is 7.89. The SMILES string of the molecule is ON1CCCC(SCc2ccc3ccccc3c2)C1. The molecule has 19 heavy (non-hydrogen) atoms. The Kier molecular flexibility index (Phi) is 4.06. The normalized spacial score (nSPS) is 20.8. The average Bonchev–Trinajstić information content (AvgIpc) is 2.45. The number of nitrogens with zero attached hydrogens (tertiary/aromatic N) is 1. The molecule has 3 rings (SSSR count). The maximum absolute atomic E-state index is 9.54. The van der Waals surface area contributed by atoms with Crippen LogP contribution in [0.15, 0.2) is 42.5 Å². The number of hydrogen-bond acceptors (Lipinski definition) is 3. The molecule has 0 saturated carbocycles. The zero-order valence-electron chi connectivity index (χ0n) is 11.0. The molecule has 0 radical (unpaired) electrons. The first-order chi connectivity index (χ1) is 9.31. The Labute approximate surface area is 118 Å². The molecule has 2 aromatic rings. The molecule has 0 spiro atoms. The van der Waals surface area contributed by atoms with E-state index in [1.54, 1.807) is 0 Å². The largest absolute Gasteiger partial charge is 0.314 e. The highest BCUT2D eigenvalue weighted by Gasteiger charge is 2.18. The van der Waals surface area contributed by atoms with Crippen molar-refractivity contribution in [1.29, 1.82) is 0 Å². The molecule has 1 atom stereocenters. The molecule has 1 saturated heterocycles. The lowest BCUT2D eigenvalue weighted by molar-refractivity contribution is -0.101. The van der Waals surface area contributed by atoms with E-state index in [2.05, 4.69) is 42.5 Å². The maximum Gasteiger partial charge on any atom is 0.0357 e. The van der Waals surface area contributed by atoms with E-state index >= 15 is 0 Å². The summed E-state index contributed by atoms with van der Waals surface area (Å²) >= 11 is 1.96. The minimum atomic E-state index is 0.560. The molecule has 1 unspecified atom stereocenters. The summed E-state index contributed by atoms with van der Waals surface area (Å²) in [4.78, 5) is 0. The summed E-state index contributed by atoms with van der Waals surface area (Å²) in [6.45, 7) is 1.63. The predicted molar refractivity (Wildman–Crippen MR) is 81.6 cm³/mol. The molecule has 1 N–H and O–H groups in total. The van der Waals surface area contributed by atoms with Gasteiger partial charge < -0.3 is 5.21 Å². The van der Waals surface area contributed by atoms with Crippen molar-refractivity contribution in [2.45, 2.75) is 23.8 Å². The molecule has 100 valence electrons. The highest BCUT2D eigenvalue weighted by atomic mass is 32.2. The number of piperidine rings is 1. The van der Waals surface area contributed by atoms with Gasteiger partial charge in [-0.15, -0.1) is 0 Å². The third-order valence-electron chi connectivity index (χ3n) is 3.66. The monoisotopic (exact) mass is 273 g/mol. The number of hydroxylamine groups is 2. The molecule has 3 heteroatoms. The second-order valence-corrected chi connectivity index (χ2v) is 6.46. The topological polar surface area (TPSA) is 23.5 Å². The van der Waals surface area contributed by atoms with E-state index < -0.39 is 0 Å². The van der Waals surface area contributed by atoms with Crippen molar-refractivity contribution in [2.24, 2.45) is 0 Å². The van der Waals surface area contributed by atoms with E-state index in [1.807, 2.05) is 11.8 Å². The van der Waals surface area contributed by atoms with Crippen LogP contribution in [0.2, 0.25) is 0 Å². The van der Waals surface area contributed by atoms with Gasteiger partial charge in [0, 0.05) is 24.1 Å². The molecule has 0 bridgehead atoms. The Morgan fingerprint density at radius 3 is 2.84 bits per heavy atom. The highest BCUT2D eigenvalue weighted by molar-refractivity contribution is 7.99. The minimum absolute atomic E-state index is 0.560. The molecule has 1 aliphatic heterocycles. The summed E-state index contributed by atoms with van der Waals surface area (Å²) in [6.07, 6.45) is 2.32. The first kappa shape index (κ1) is 13.0. The fourth-order valence-corrected chi connectivity index (χ4v) is 3.82. The van der Waals surface area contributed by atoms with Gasteiger partial charge in [0.15, 0.2) is 0 Å². The van der Waals surface area contributed by atoms with Crippen molar-refractivity contribution in [2.75, 3.05) is 13.1 Å². The summed E-state index contributed by atoms with van der Waals surface area (Å²) in [5.74, 6) is 1.03. The van der Waals surface area contributed by atoms with Gasteiger partial charge in [-0.05, 0) is 29.2 Å². The van der Waals surface area contributed by atoms with E-state index in [4.69, 9.17) is 0 Å². The van der Waals surface area contributed by atoms with Crippen LogP contribution in [0.25, 0.3) is 10.8 Å². The molecule has 1 aliphatic rings. The van der Waals surface area contributed by atoms with Gasteiger partial charge in [0.2, 0.25) is 0 Å². The molecule has 2 nitrogen and oxygen atoms in total. The number of fused-ring (bicyclic) bond motifs is 1. The summed E-state index contributed by atoms with van der Waals surface area (Å²) < 4.78 is 0. The minimum Gasteiger partial charge on any atom is -0.314 e. The second kappa shape index (κ2) is 5.95. The van der Waals surface area contributed by atoms with Crippen LogP contribution in [0.4, 0.5) is 0 Å². The van der Waals surface area contributed by atoms with Gasteiger partial charge in [0.1, 0.15) is 0 Å². The number of benzene rings is 2. The van der Waals surface area contributed by atoms with E-state index in [1.165, 1.54) is 27.8 Å². The van der Waals surface area contributed by atoms with Crippen LogP contribution in [0.3, 0.4) is 0 Å². The van der Waals surface area contributed by atoms with Crippen LogP contribution in [0.5, 0.6) is 0 Å². The molecular weight excluding hydrogens is 254 g/mol. The van der Waals surface area contributed by atoms with Gasteiger partial charge in [0.05, 0.1) is 0 Å². The zero-order chi connectivity index (χ0) is 13.1. The lowest BCUT2D eigenvalue weighted by Crippen LogP contribution is -2.34. The molecule has 1 fully saturated rings. The average molecular weight is 273 g/mol. The molecule has 1 heterocycles. The third-order valence-corrected chi connectivity index (χ3v) is 5.01.